The molecule has 7 atom stereocenters. The predicted molar refractivity (Wildman–Crippen MR) is 444 cm³/mol. The van der Waals surface area contributed by atoms with E-state index in [0.717, 1.165) is 103 Å². The SMILES string of the molecule is CCCCCCCCCCCCCCCCCCN(CCCCCCCCCCCCCCCCCC)C(=O)[C@H](CSSC[C@H](NC(=O)C(O)C(O)C(O)O)C(=O)N(CCCCCCCCCCCCCCCCCC)CCCCCCCCCCCCCCCCCC)NC(=O)C(O)C(O)C(C)O. The van der Waals surface area contributed by atoms with E-state index in [1.165, 1.54) is 337 Å². The molecule has 104 heavy (non-hydrogen) atoms. The molecule has 0 fully saturated rings. The second kappa shape index (κ2) is 78.0. The normalized spacial score (nSPS) is 13.8. The van der Waals surface area contributed by atoms with Crippen LogP contribution < -0.4 is 10.6 Å². The summed E-state index contributed by atoms with van der Waals surface area (Å²) >= 11 is 0. The summed E-state index contributed by atoms with van der Waals surface area (Å²) in [5.74, 6) is -2.85. The summed E-state index contributed by atoms with van der Waals surface area (Å²) in [5.41, 5.74) is 0. The molecule has 618 valence electrons. The number of nitrogens with zero attached hydrogens (tertiary/aromatic N) is 2. The Morgan fingerprint density at radius 3 is 0.587 bits per heavy atom. The minimum absolute atomic E-state index is 0.00382. The number of unbranched alkanes of at least 4 members (excludes halogenated alkanes) is 60. The average molecular weight is 1510 g/mol. The van der Waals surface area contributed by atoms with Crippen molar-refractivity contribution in [1.82, 2.24) is 20.4 Å². The maximum absolute atomic E-state index is 15.0. The number of hydrogen-bond acceptors (Lipinski definition) is 13. The lowest BCUT2D eigenvalue weighted by Crippen LogP contribution is -2.56. The van der Waals surface area contributed by atoms with E-state index >= 15 is 4.79 Å². The number of amides is 4. The molecular weight excluding hydrogens is 1340 g/mol. The Bertz CT molecular complexity index is 1660. The fourth-order valence-electron chi connectivity index (χ4n) is 14.3. The first kappa shape index (κ1) is 102. The highest BCUT2D eigenvalue weighted by atomic mass is 33.1. The van der Waals surface area contributed by atoms with Crippen LogP contribution in [0.5, 0.6) is 0 Å². The van der Waals surface area contributed by atoms with Crippen LogP contribution >= 0.6 is 21.6 Å². The Labute approximate surface area is 649 Å². The summed E-state index contributed by atoms with van der Waals surface area (Å²) in [7, 11) is 2.40. The molecule has 0 aromatic rings. The number of aliphatic hydroxyl groups excluding tert-OH is 6. The van der Waals surface area contributed by atoms with Gasteiger partial charge < -0.3 is 56.2 Å². The standard InChI is InChI=1S/C87H172N4O11S2/c1-6-10-14-18-22-26-30-34-38-42-46-50-54-58-62-66-70-90(71-67-63-59-55-51-47-43-39-35-31-27-23-19-15-11-7-2)85(99)77(88-83(97)80(94)79(93)76(5)92)74-103-104-75-78(89-84(98)81(95)82(96)87(101)102)86(100)91(72-68-64-60-56-52-48-44-40-36-32-28-24-20-16-12-8-3)73-69-65-61-57-53-49-45-41-37-33-29-25-21-17-13-9-4/h76-82,87,92-96,101-102H,6-75H2,1-5H3,(H,88,97)(H,89,98)/t76?,77-,78-,79?,80?,81?,82?/m0/s1. The summed E-state index contributed by atoms with van der Waals surface area (Å²) in [6.07, 6.45) is 66.6. The zero-order valence-corrected chi connectivity index (χ0v) is 70.2. The Morgan fingerprint density at radius 2 is 0.423 bits per heavy atom. The van der Waals surface area contributed by atoms with E-state index in [1.54, 1.807) is 0 Å². The molecule has 0 aliphatic carbocycles. The molecule has 17 heteroatoms. The van der Waals surface area contributed by atoms with Crippen LogP contribution in [0.15, 0.2) is 0 Å². The fraction of sp³-hybridized carbons (Fsp3) is 0.954. The molecule has 5 unspecified atom stereocenters. The first-order chi connectivity index (χ1) is 50.7. The van der Waals surface area contributed by atoms with Gasteiger partial charge in [0.1, 0.15) is 24.3 Å². The van der Waals surface area contributed by atoms with Gasteiger partial charge in [0.2, 0.25) is 11.8 Å². The van der Waals surface area contributed by atoms with Crippen molar-refractivity contribution in [2.45, 2.75) is 494 Å². The Morgan fingerprint density at radius 1 is 0.260 bits per heavy atom. The van der Waals surface area contributed by atoms with Gasteiger partial charge in [-0.05, 0) is 32.6 Å². The Balaban J connectivity index is 6.40. The molecule has 0 heterocycles. The highest BCUT2D eigenvalue weighted by Crippen LogP contribution is 2.27. The molecule has 0 bridgehead atoms. The Kier molecular flexibility index (Phi) is 76.7. The van der Waals surface area contributed by atoms with Crippen molar-refractivity contribution in [3.05, 3.63) is 0 Å². The molecule has 0 aliphatic heterocycles. The third-order valence-corrected chi connectivity index (χ3v) is 23.9. The minimum Gasteiger partial charge on any atom is -0.391 e. The van der Waals surface area contributed by atoms with Gasteiger partial charge in [-0.1, -0.05) is 435 Å². The summed E-state index contributed by atoms with van der Waals surface area (Å²) in [6, 6.07) is -2.38. The number of carbonyl (C=O) groups is 4. The summed E-state index contributed by atoms with van der Waals surface area (Å²) in [4.78, 5) is 61.1. The molecule has 0 aliphatic rings. The molecule has 15 nitrogen and oxygen atoms in total. The van der Waals surface area contributed by atoms with Crippen LogP contribution in [0.1, 0.15) is 446 Å². The van der Waals surface area contributed by atoms with Crippen molar-refractivity contribution in [2.24, 2.45) is 0 Å². The van der Waals surface area contributed by atoms with Gasteiger partial charge in [-0.15, -0.1) is 0 Å². The van der Waals surface area contributed by atoms with Crippen LogP contribution in [0.4, 0.5) is 0 Å². The number of nitrogens with one attached hydrogen (secondary N) is 2. The van der Waals surface area contributed by atoms with Crippen LogP contribution in [0.25, 0.3) is 0 Å². The van der Waals surface area contributed by atoms with Crippen molar-refractivity contribution < 1.29 is 54.9 Å². The third-order valence-electron chi connectivity index (χ3n) is 21.5. The summed E-state index contributed by atoms with van der Waals surface area (Å²) in [6.45, 7) is 12.3. The largest absolute Gasteiger partial charge is 0.391 e. The quantitative estimate of drug-likeness (QED) is 0.0157. The topological polar surface area (TPSA) is 240 Å². The lowest BCUT2D eigenvalue weighted by Gasteiger charge is -2.30. The van der Waals surface area contributed by atoms with Crippen LogP contribution in [-0.2, 0) is 19.2 Å². The second-order valence-corrected chi connectivity index (χ2v) is 34.1. The van der Waals surface area contributed by atoms with Crippen molar-refractivity contribution >= 4 is 45.2 Å². The van der Waals surface area contributed by atoms with E-state index in [9.17, 15) is 50.1 Å². The number of hydrogen-bond donors (Lipinski definition) is 9. The molecule has 0 spiro atoms. The van der Waals surface area contributed by atoms with Crippen LogP contribution in [0.3, 0.4) is 0 Å². The molecule has 9 N–H and O–H groups in total. The monoisotopic (exact) mass is 1510 g/mol. The number of aliphatic hydroxyl groups is 7. The minimum atomic E-state index is -2.41. The average Bonchev–Trinajstić information content (AvgIpc) is 0.873. The van der Waals surface area contributed by atoms with Crippen molar-refractivity contribution in [2.75, 3.05) is 37.7 Å². The van der Waals surface area contributed by atoms with Crippen molar-refractivity contribution in [1.29, 1.82) is 0 Å². The molecule has 0 rings (SSSR count). The van der Waals surface area contributed by atoms with Crippen LogP contribution in [-0.4, -0.2) is 156 Å². The van der Waals surface area contributed by atoms with E-state index in [2.05, 4.69) is 38.3 Å². The molecule has 4 amide bonds. The Hall–Kier alpha value is -1.70. The molecule has 0 saturated heterocycles. The second-order valence-electron chi connectivity index (χ2n) is 31.6. The van der Waals surface area contributed by atoms with E-state index in [1.807, 2.05) is 9.80 Å². The maximum Gasteiger partial charge on any atom is 0.252 e. The van der Waals surface area contributed by atoms with Crippen LogP contribution in [0.2, 0.25) is 0 Å². The fourth-order valence-corrected chi connectivity index (χ4v) is 16.7. The highest BCUT2D eigenvalue weighted by Gasteiger charge is 2.35. The van der Waals surface area contributed by atoms with Gasteiger partial charge in [0, 0.05) is 37.7 Å². The smallest absolute Gasteiger partial charge is 0.252 e. The van der Waals surface area contributed by atoms with Crippen LogP contribution in [0, 0.1) is 0 Å². The first-order valence-corrected chi connectivity index (χ1v) is 47.4. The molecule has 0 aromatic heterocycles. The molecule has 0 saturated carbocycles. The zero-order valence-electron chi connectivity index (χ0n) is 68.6. The van der Waals surface area contributed by atoms with Gasteiger partial charge in [0.15, 0.2) is 18.5 Å². The first-order valence-electron chi connectivity index (χ1n) is 44.9. The van der Waals surface area contributed by atoms with Gasteiger partial charge in [-0.2, -0.15) is 0 Å². The van der Waals surface area contributed by atoms with Gasteiger partial charge in [-0.25, -0.2) is 0 Å². The lowest BCUT2D eigenvalue weighted by atomic mass is 10.0. The van der Waals surface area contributed by atoms with E-state index in [0.29, 0.717) is 26.2 Å². The maximum atomic E-state index is 15.0. The highest BCUT2D eigenvalue weighted by molar-refractivity contribution is 8.76. The number of carbonyl (C=O) groups excluding carboxylic acids is 4. The van der Waals surface area contributed by atoms with Crippen molar-refractivity contribution in [3.8, 4) is 0 Å². The zero-order chi connectivity index (χ0) is 76.4. The summed E-state index contributed by atoms with van der Waals surface area (Å²) in [5, 5.41) is 77.9. The molecule has 0 aromatic carbocycles. The van der Waals surface area contributed by atoms with Gasteiger partial charge in [0.25, 0.3) is 11.8 Å². The van der Waals surface area contributed by atoms with E-state index in [-0.39, 0.29) is 23.3 Å². The third kappa shape index (κ3) is 63.0. The molecule has 0 radical (unpaired) electrons. The molecular formula is C87H172N4O11S2. The van der Waals surface area contributed by atoms with Gasteiger partial charge in [-0.3, -0.25) is 19.2 Å². The summed E-state index contributed by atoms with van der Waals surface area (Å²) < 4.78 is 0. The predicted octanol–water partition coefficient (Wildman–Crippen LogP) is 21.2. The number of rotatable bonds is 83. The van der Waals surface area contributed by atoms with Gasteiger partial charge in [0.05, 0.1) is 6.10 Å². The van der Waals surface area contributed by atoms with Gasteiger partial charge >= 0.3 is 0 Å². The van der Waals surface area contributed by atoms with E-state index < -0.39 is 60.7 Å². The van der Waals surface area contributed by atoms with Crippen molar-refractivity contribution in [3.63, 3.8) is 0 Å². The lowest BCUT2D eigenvalue weighted by molar-refractivity contribution is -0.170. The van der Waals surface area contributed by atoms with E-state index in [4.69, 9.17) is 0 Å².